The molecule has 0 amide bonds. The zero-order valence-corrected chi connectivity index (χ0v) is 20.5. The van der Waals surface area contributed by atoms with Crippen molar-refractivity contribution < 1.29 is 26.5 Å². The van der Waals surface area contributed by atoms with Crippen molar-refractivity contribution in [3.63, 3.8) is 0 Å². The van der Waals surface area contributed by atoms with Crippen LogP contribution in [0.25, 0.3) is 16.9 Å². The first-order valence-electron chi connectivity index (χ1n) is 11.4. The molecule has 0 aliphatic heterocycles. The maximum atomic E-state index is 15.0. The number of ether oxygens (including phenoxy) is 1. The molecule has 1 saturated carbocycles. The maximum Gasteiger partial charge on any atom is 0.247 e. The number of hydrogen-bond donors (Lipinski definition) is 0. The molecular formula is C22H23F2N7O4S. The van der Waals surface area contributed by atoms with Crippen molar-refractivity contribution in [2.75, 3.05) is 6.26 Å². The minimum absolute atomic E-state index is 0.0460. The minimum atomic E-state index is -4.03. The van der Waals surface area contributed by atoms with E-state index >= 15 is 4.39 Å². The van der Waals surface area contributed by atoms with Crippen molar-refractivity contribution in [1.82, 2.24) is 35.1 Å². The van der Waals surface area contributed by atoms with Crippen molar-refractivity contribution in [1.29, 1.82) is 0 Å². The van der Waals surface area contributed by atoms with E-state index in [2.05, 4.69) is 30.4 Å². The van der Waals surface area contributed by atoms with E-state index in [1.54, 1.807) is 0 Å². The smallest absolute Gasteiger partial charge is 0.247 e. The Labute approximate surface area is 204 Å². The van der Waals surface area contributed by atoms with Crippen molar-refractivity contribution in [3.8, 4) is 11.6 Å². The molecule has 1 aliphatic carbocycles. The first kappa shape index (κ1) is 24.2. The number of halogens is 2. The first-order chi connectivity index (χ1) is 17.1. The van der Waals surface area contributed by atoms with Gasteiger partial charge in [-0.3, -0.25) is 0 Å². The molecule has 11 nitrogen and oxygen atoms in total. The van der Waals surface area contributed by atoms with Crippen molar-refractivity contribution in [3.05, 3.63) is 41.8 Å². The van der Waals surface area contributed by atoms with E-state index in [0.717, 1.165) is 29.8 Å². The SMILES string of the molecule is CC(C)c1noc(C2CCC(Oc3ncnc4c3nnn4-c3cc(F)cc(S(C)(=O)=O)c3F)CC2)n1. The Bertz CT molecular complexity index is 1530. The molecule has 0 bridgehead atoms. The summed E-state index contributed by atoms with van der Waals surface area (Å²) in [6, 6.07) is 1.44. The monoisotopic (exact) mass is 519 g/mol. The van der Waals surface area contributed by atoms with Gasteiger partial charge >= 0.3 is 0 Å². The van der Waals surface area contributed by atoms with E-state index in [0.29, 0.717) is 30.6 Å². The predicted octanol–water partition coefficient (Wildman–Crippen LogP) is 3.50. The van der Waals surface area contributed by atoms with Crippen LogP contribution in [0.2, 0.25) is 0 Å². The molecule has 190 valence electrons. The maximum absolute atomic E-state index is 15.0. The molecule has 0 spiro atoms. The van der Waals surface area contributed by atoms with Crippen LogP contribution in [-0.2, 0) is 9.84 Å². The molecule has 3 heterocycles. The van der Waals surface area contributed by atoms with Gasteiger partial charge in [-0.1, -0.05) is 24.2 Å². The Morgan fingerprint density at radius 3 is 2.56 bits per heavy atom. The van der Waals surface area contributed by atoms with Crippen LogP contribution in [0.5, 0.6) is 5.88 Å². The number of benzene rings is 1. The molecule has 3 aromatic heterocycles. The summed E-state index contributed by atoms with van der Waals surface area (Å²) in [7, 11) is -4.03. The van der Waals surface area contributed by atoms with Gasteiger partial charge in [-0.05, 0) is 31.7 Å². The molecule has 0 radical (unpaired) electrons. The van der Waals surface area contributed by atoms with Gasteiger partial charge < -0.3 is 9.26 Å². The Kier molecular flexibility index (Phi) is 6.14. The number of rotatable bonds is 6. The van der Waals surface area contributed by atoms with Crippen LogP contribution < -0.4 is 4.74 Å². The second-order valence-corrected chi connectivity index (χ2v) is 11.1. The standard InChI is InChI=1S/C22H23F2N7O4S/c1-11(2)19-27-21(35-29-19)12-4-6-14(7-5-12)34-22-18-20(25-10-26-22)31(30-28-18)15-8-13(23)9-16(17(15)24)36(3,32)33/h8-12,14H,4-7H2,1-3H3. The number of fused-ring (bicyclic) bond motifs is 1. The summed E-state index contributed by atoms with van der Waals surface area (Å²) < 4.78 is 65.4. The van der Waals surface area contributed by atoms with Crippen molar-refractivity contribution in [2.45, 2.75) is 62.4 Å². The van der Waals surface area contributed by atoms with E-state index < -0.39 is 32.1 Å². The second-order valence-electron chi connectivity index (χ2n) is 9.10. The van der Waals surface area contributed by atoms with E-state index in [9.17, 15) is 12.8 Å². The van der Waals surface area contributed by atoms with Gasteiger partial charge in [-0.25, -0.2) is 22.2 Å². The van der Waals surface area contributed by atoms with Gasteiger partial charge in [0.25, 0.3) is 0 Å². The van der Waals surface area contributed by atoms with Gasteiger partial charge in [0.05, 0.1) is 0 Å². The zero-order valence-electron chi connectivity index (χ0n) is 19.7. The summed E-state index contributed by atoms with van der Waals surface area (Å²) in [5, 5.41) is 11.9. The quantitative estimate of drug-likeness (QED) is 0.372. The van der Waals surface area contributed by atoms with E-state index in [-0.39, 0.29) is 35.0 Å². The molecule has 1 aliphatic rings. The van der Waals surface area contributed by atoms with Gasteiger partial charge in [-0.15, -0.1) is 5.10 Å². The van der Waals surface area contributed by atoms with Crippen LogP contribution in [0.15, 0.2) is 27.9 Å². The number of nitrogens with zero attached hydrogens (tertiary/aromatic N) is 7. The molecule has 0 atom stereocenters. The molecule has 0 saturated heterocycles. The zero-order chi connectivity index (χ0) is 25.6. The predicted molar refractivity (Wildman–Crippen MR) is 121 cm³/mol. The summed E-state index contributed by atoms with van der Waals surface area (Å²) >= 11 is 0. The summed E-state index contributed by atoms with van der Waals surface area (Å²) in [5.41, 5.74) is -0.254. The summed E-state index contributed by atoms with van der Waals surface area (Å²) in [4.78, 5) is 11.9. The van der Waals surface area contributed by atoms with Gasteiger partial charge in [0, 0.05) is 24.2 Å². The van der Waals surface area contributed by atoms with Crippen molar-refractivity contribution in [2.24, 2.45) is 0 Å². The lowest BCUT2D eigenvalue weighted by Gasteiger charge is -2.26. The van der Waals surface area contributed by atoms with Gasteiger partial charge in [0.15, 0.2) is 32.6 Å². The summed E-state index contributed by atoms with van der Waals surface area (Å²) in [5.74, 6) is -0.296. The van der Waals surface area contributed by atoms with Crippen LogP contribution in [0, 0.1) is 11.6 Å². The highest BCUT2D eigenvalue weighted by Crippen LogP contribution is 2.35. The molecule has 1 fully saturated rings. The highest BCUT2D eigenvalue weighted by Gasteiger charge is 2.29. The highest BCUT2D eigenvalue weighted by atomic mass is 32.2. The molecular weight excluding hydrogens is 496 g/mol. The normalized spacial score (nSPS) is 18.7. The Morgan fingerprint density at radius 2 is 1.89 bits per heavy atom. The van der Waals surface area contributed by atoms with Gasteiger partial charge in [-0.2, -0.15) is 14.6 Å². The van der Waals surface area contributed by atoms with Crippen LogP contribution in [-0.4, -0.2) is 55.9 Å². The average Bonchev–Trinajstić information content (AvgIpc) is 3.49. The largest absolute Gasteiger partial charge is 0.473 e. The molecule has 14 heteroatoms. The highest BCUT2D eigenvalue weighted by molar-refractivity contribution is 7.90. The molecule has 1 aromatic carbocycles. The lowest BCUT2D eigenvalue weighted by molar-refractivity contribution is 0.135. The fourth-order valence-corrected chi connectivity index (χ4v) is 4.94. The van der Waals surface area contributed by atoms with Gasteiger partial charge in [0.1, 0.15) is 28.8 Å². The molecule has 36 heavy (non-hydrogen) atoms. The number of sulfone groups is 1. The third-order valence-corrected chi connectivity index (χ3v) is 7.19. The average molecular weight is 520 g/mol. The van der Waals surface area contributed by atoms with Crippen LogP contribution in [0.4, 0.5) is 8.78 Å². The molecule has 0 N–H and O–H groups in total. The third-order valence-electron chi connectivity index (χ3n) is 6.09. The van der Waals surface area contributed by atoms with E-state index in [1.165, 1.54) is 6.33 Å². The molecule has 5 rings (SSSR count). The topological polar surface area (TPSA) is 139 Å². The van der Waals surface area contributed by atoms with E-state index in [1.807, 2.05) is 13.8 Å². The number of hydrogen-bond acceptors (Lipinski definition) is 10. The minimum Gasteiger partial charge on any atom is -0.473 e. The van der Waals surface area contributed by atoms with E-state index in [4.69, 9.17) is 9.26 Å². The Hall–Kier alpha value is -3.55. The van der Waals surface area contributed by atoms with Crippen LogP contribution in [0.1, 0.15) is 63.1 Å². The van der Waals surface area contributed by atoms with Crippen LogP contribution in [0.3, 0.4) is 0 Å². The second kappa shape index (κ2) is 9.15. The third kappa shape index (κ3) is 4.52. The molecule has 4 aromatic rings. The summed E-state index contributed by atoms with van der Waals surface area (Å²) in [6.07, 6.45) is 4.81. The Morgan fingerprint density at radius 1 is 1.14 bits per heavy atom. The summed E-state index contributed by atoms with van der Waals surface area (Å²) in [6.45, 7) is 4.01. The fourth-order valence-electron chi connectivity index (χ4n) is 4.18. The Balaban J connectivity index is 1.37. The first-order valence-corrected chi connectivity index (χ1v) is 13.3. The molecule has 0 unspecified atom stereocenters. The van der Waals surface area contributed by atoms with Crippen molar-refractivity contribution >= 4 is 21.0 Å². The lowest BCUT2D eigenvalue weighted by atomic mass is 9.87. The lowest BCUT2D eigenvalue weighted by Crippen LogP contribution is -2.24. The fraction of sp³-hybridized carbons (Fsp3) is 0.455. The van der Waals surface area contributed by atoms with Crippen LogP contribution >= 0.6 is 0 Å². The van der Waals surface area contributed by atoms with Gasteiger partial charge in [0.2, 0.25) is 11.8 Å². The number of aromatic nitrogens is 7.